The topological polar surface area (TPSA) is 21.3 Å². The first-order valence-corrected chi connectivity index (χ1v) is 7.69. The third-order valence-corrected chi connectivity index (χ3v) is 4.33. The SMILES string of the molecule is CCOC(C)(CC)C(Cc1ccc(I)cc1)NC. The number of ether oxygens (including phenoxy) is 1. The van der Waals surface area contributed by atoms with Gasteiger partial charge in [-0.25, -0.2) is 0 Å². The van der Waals surface area contributed by atoms with Crippen LogP contribution in [0.25, 0.3) is 0 Å². The first kappa shape index (κ1) is 15.9. The Morgan fingerprint density at radius 3 is 2.33 bits per heavy atom. The van der Waals surface area contributed by atoms with Crippen LogP contribution in [-0.4, -0.2) is 25.3 Å². The standard InChI is InChI=1S/C15H24INO/c1-5-15(3,18-6-2)14(17-4)11-12-7-9-13(16)10-8-12/h7-10,14,17H,5-6,11H2,1-4H3. The van der Waals surface area contributed by atoms with Crippen molar-refractivity contribution in [1.82, 2.24) is 5.32 Å². The van der Waals surface area contributed by atoms with Crippen LogP contribution in [0.2, 0.25) is 0 Å². The molecule has 1 N–H and O–H groups in total. The van der Waals surface area contributed by atoms with Crippen molar-refractivity contribution in [3.05, 3.63) is 33.4 Å². The van der Waals surface area contributed by atoms with Gasteiger partial charge in [0.05, 0.1) is 5.60 Å². The van der Waals surface area contributed by atoms with Crippen molar-refractivity contribution in [3.63, 3.8) is 0 Å². The Morgan fingerprint density at radius 1 is 1.28 bits per heavy atom. The molecule has 2 nitrogen and oxygen atoms in total. The maximum Gasteiger partial charge on any atom is 0.0807 e. The van der Waals surface area contributed by atoms with Gasteiger partial charge in [0.1, 0.15) is 0 Å². The number of rotatable bonds is 7. The lowest BCUT2D eigenvalue weighted by Crippen LogP contribution is -2.50. The largest absolute Gasteiger partial charge is 0.374 e. The minimum atomic E-state index is -0.105. The van der Waals surface area contributed by atoms with Crippen LogP contribution in [0.5, 0.6) is 0 Å². The third-order valence-electron chi connectivity index (χ3n) is 3.61. The van der Waals surface area contributed by atoms with E-state index < -0.39 is 0 Å². The summed E-state index contributed by atoms with van der Waals surface area (Å²) < 4.78 is 7.24. The first-order valence-electron chi connectivity index (χ1n) is 6.61. The Balaban J connectivity index is 2.79. The zero-order valence-electron chi connectivity index (χ0n) is 11.8. The van der Waals surface area contributed by atoms with Crippen molar-refractivity contribution >= 4 is 22.6 Å². The van der Waals surface area contributed by atoms with Gasteiger partial charge >= 0.3 is 0 Å². The molecule has 0 spiro atoms. The fourth-order valence-electron chi connectivity index (χ4n) is 2.26. The van der Waals surface area contributed by atoms with Gasteiger partial charge in [-0.2, -0.15) is 0 Å². The molecule has 1 aromatic carbocycles. The van der Waals surface area contributed by atoms with E-state index in [-0.39, 0.29) is 5.60 Å². The van der Waals surface area contributed by atoms with E-state index >= 15 is 0 Å². The molecule has 2 atom stereocenters. The molecule has 102 valence electrons. The van der Waals surface area contributed by atoms with Crippen LogP contribution in [0.4, 0.5) is 0 Å². The third kappa shape index (κ3) is 4.21. The van der Waals surface area contributed by atoms with E-state index in [9.17, 15) is 0 Å². The number of likely N-dealkylation sites (N-methyl/N-ethyl adjacent to an activating group) is 1. The highest BCUT2D eigenvalue weighted by atomic mass is 127. The first-order chi connectivity index (χ1) is 8.55. The Morgan fingerprint density at radius 2 is 1.89 bits per heavy atom. The van der Waals surface area contributed by atoms with Crippen molar-refractivity contribution in [2.24, 2.45) is 0 Å². The van der Waals surface area contributed by atoms with Gasteiger partial charge in [-0.05, 0) is 74.0 Å². The minimum Gasteiger partial charge on any atom is -0.374 e. The average Bonchev–Trinajstić information content (AvgIpc) is 2.38. The van der Waals surface area contributed by atoms with Gasteiger partial charge < -0.3 is 10.1 Å². The zero-order chi connectivity index (χ0) is 13.6. The van der Waals surface area contributed by atoms with E-state index in [1.165, 1.54) is 9.13 Å². The summed E-state index contributed by atoms with van der Waals surface area (Å²) >= 11 is 2.34. The summed E-state index contributed by atoms with van der Waals surface area (Å²) in [6.07, 6.45) is 2.01. The van der Waals surface area contributed by atoms with Crippen molar-refractivity contribution < 1.29 is 4.74 Å². The normalized spacial score (nSPS) is 16.3. The Kier molecular flexibility index (Phi) is 6.60. The van der Waals surface area contributed by atoms with Gasteiger partial charge in [0.25, 0.3) is 0 Å². The van der Waals surface area contributed by atoms with Crippen LogP contribution in [0.15, 0.2) is 24.3 Å². The molecule has 0 bridgehead atoms. The fourth-order valence-corrected chi connectivity index (χ4v) is 2.62. The van der Waals surface area contributed by atoms with Gasteiger partial charge in [0.2, 0.25) is 0 Å². The van der Waals surface area contributed by atoms with Gasteiger partial charge in [0.15, 0.2) is 0 Å². The molecule has 1 aromatic rings. The highest BCUT2D eigenvalue weighted by molar-refractivity contribution is 14.1. The average molecular weight is 361 g/mol. The summed E-state index contributed by atoms with van der Waals surface area (Å²) in [6.45, 7) is 7.21. The second-order valence-corrected chi connectivity index (χ2v) is 6.02. The zero-order valence-corrected chi connectivity index (χ0v) is 14.0. The predicted molar refractivity (Wildman–Crippen MR) is 86.0 cm³/mol. The van der Waals surface area contributed by atoms with Gasteiger partial charge in [-0.15, -0.1) is 0 Å². The van der Waals surface area contributed by atoms with Gasteiger partial charge in [-0.3, -0.25) is 0 Å². The van der Waals surface area contributed by atoms with E-state index in [0.717, 1.165) is 19.4 Å². The Bertz CT molecular complexity index is 352. The molecular formula is C15H24INO. The van der Waals surface area contributed by atoms with Crippen LogP contribution in [0.1, 0.15) is 32.8 Å². The Labute approximate surface area is 125 Å². The van der Waals surface area contributed by atoms with E-state index in [0.29, 0.717) is 6.04 Å². The lowest BCUT2D eigenvalue weighted by atomic mass is 9.88. The molecule has 3 heteroatoms. The minimum absolute atomic E-state index is 0.105. The number of halogens is 1. The molecule has 0 aliphatic rings. The second-order valence-electron chi connectivity index (χ2n) is 4.77. The van der Waals surface area contributed by atoms with Crippen molar-refractivity contribution in [2.75, 3.05) is 13.7 Å². The molecule has 0 heterocycles. The summed E-state index contributed by atoms with van der Waals surface area (Å²) in [6, 6.07) is 9.06. The lowest BCUT2D eigenvalue weighted by Gasteiger charge is -2.37. The molecule has 0 aromatic heterocycles. The Hall–Kier alpha value is -0.130. The predicted octanol–water partition coefficient (Wildman–Crippen LogP) is 3.63. The van der Waals surface area contributed by atoms with Gasteiger partial charge in [-0.1, -0.05) is 19.1 Å². The maximum absolute atomic E-state index is 5.96. The van der Waals surface area contributed by atoms with Crippen LogP contribution in [0.3, 0.4) is 0 Å². The van der Waals surface area contributed by atoms with Crippen molar-refractivity contribution in [1.29, 1.82) is 0 Å². The summed E-state index contributed by atoms with van der Waals surface area (Å²) in [5.74, 6) is 0. The molecule has 0 amide bonds. The molecule has 0 radical (unpaired) electrons. The second kappa shape index (κ2) is 7.46. The molecule has 18 heavy (non-hydrogen) atoms. The van der Waals surface area contributed by atoms with E-state index in [2.05, 4.69) is 72.9 Å². The highest BCUT2D eigenvalue weighted by Crippen LogP contribution is 2.23. The quantitative estimate of drug-likeness (QED) is 0.749. The molecule has 0 fully saturated rings. The summed E-state index contributed by atoms with van der Waals surface area (Å²) in [4.78, 5) is 0. The molecule has 2 unspecified atom stereocenters. The highest BCUT2D eigenvalue weighted by Gasteiger charge is 2.32. The number of hydrogen-bond donors (Lipinski definition) is 1. The van der Waals surface area contributed by atoms with Crippen LogP contribution in [0, 0.1) is 3.57 Å². The summed E-state index contributed by atoms with van der Waals surface area (Å²) in [5.41, 5.74) is 1.25. The van der Waals surface area contributed by atoms with Crippen LogP contribution in [-0.2, 0) is 11.2 Å². The number of benzene rings is 1. The number of nitrogens with one attached hydrogen (secondary N) is 1. The molecular weight excluding hydrogens is 337 g/mol. The monoisotopic (exact) mass is 361 g/mol. The smallest absolute Gasteiger partial charge is 0.0807 e. The number of hydrogen-bond acceptors (Lipinski definition) is 2. The maximum atomic E-state index is 5.96. The van der Waals surface area contributed by atoms with E-state index in [1.54, 1.807) is 0 Å². The fraction of sp³-hybridized carbons (Fsp3) is 0.600. The summed E-state index contributed by atoms with van der Waals surface area (Å²) in [7, 11) is 2.02. The molecule has 1 rings (SSSR count). The van der Waals surface area contributed by atoms with E-state index in [1.807, 2.05) is 7.05 Å². The molecule has 0 aliphatic heterocycles. The van der Waals surface area contributed by atoms with Crippen LogP contribution >= 0.6 is 22.6 Å². The van der Waals surface area contributed by atoms with Gasteiger partial charge in [0, 0.05) is 16.2 Å². The van der Waals surface area contributed by atoms with Crippen molar-refractivity contribution in [2.45, 2.75) is 45.3 Å². The molecule has 0 saturated heterocycles. The van der Waals surface area contributed by atoms with E-state index in [4.69, 9.17) is 4.74 Å². The summed E-state index contributed by atoms with van der Waals surface area (Å²) in [5, 5.41) is 3.41. The lowest BCUT2D eigenvalue weighted by molar-refractivity contribution is -0.0534. The van der Waals surface area contributed by atoms with Crippen molar-refractivity contribution in [3.8, 4) is 0 Å². The molecule has 0 aliphatic carbocycles. The molecule has 0 saturated carbocycles. The van der Waals surface area contributed by atoms with Crippen LogP contribution < -0.4 is 5.32 Å².